The number of nitrogens with one attached hydrogen (secondary N) is 3. The van der Waals surface area contributed by atoms with Gasteiger partial charge in [-0.25, -0.2) is 14.8 Å². The van der Waals surface area contributed by atoms with Gasteiger partial charge in [0.25, 0.3) is 0 Å². The predicted octanol–water partition coefficient (Wildman–Crippen LogP) is 2.93. The molecule has 0 saturated heterocycles. The first-order valence-corrected chi connectivity index (χ1v) is 8.69. The lowest BCUT2D eigenvalue weighted by Gasteiger charge is -2.07. The van der Waals surface area contributed by atoms with E-state index in [4.69, 9.17) is 6.42 Å². The average molecular weight is 371 g/mol. The molecule has 8 nitrogen and oxygen atoms in total. The number of aromatic nitrogens is 5. The summed E-state index contributed by atoms with van der Waals surface area (Å²) in [7, 11) is 0. The van der Waals surface area contributed by atoms with E-state index in [2.05, 4.69) is 36.5 Å². The third kappa shape index (κ3) is 3.29. The highest BCUT2D eigenvalue weighted by molar-refractivity contribution is 5.96. The number of rotatable bonds is 4. The van der Waals surface area contributed by atoms with Crippen molar-refractivity contribution in [1.29, 1.82) is 0 Å². The van der Waals surface area contributed by atoms with Crippen LogP contribution in [0.15, 0.2) is 49.1 Å². The molecule has 0 saturated carbocycles. The number of imidazole rings is 2. The summed E-state index contributed by atoms with van der Waals surface area (Å²) in [6.07, 6.45) is 10.6. The van der Waals surface area contributed by atoms with Crippen molar-refractivity contribution >= 4 is 23.0 Å². The van der Waals surface area contributed by atoms with E-state index in [1.807, 2.05) is 41.8 Å². The molecule has 0 bridgehead atoms. The number of fused-ring (bicyclic) bond motifs is 1. The van der Waals surface area contributed by atoms with Crippen LogP contribution in [0.2, 0.25) is 0 Å². The summed E-state index contributed by atoms with van der Waals surface area (Å²) < 4.78 is 1.83. The summed E-state index contributed by atoms with van der Waals surface area (Å²) in [6, 6.07) is 9.23. The molecule has 138 valence electrons. The Bertz CT molecular complexity index is 1180. The summed E-state index contributed by atoms with van der Waals surface area (Å²) >= 11 is 0. The smallest absolute Gasteiger partial charge is 0.321 e. The highest BCUT2D eigenvalue weighted by Gasteiger charge is 2.14. The number of hydrogen-bond acceptors (Lipinski definition) is 4. The first-order chi connectivity index (χ1) is 13.7. The maximum Gasteiger partial charge on any atom is 0.321 e. The first-order valence-electron chi connectivity index (χ1n) is 8.69. The number of carbonyl (C=O) groups excluding carboxylic acids is 1. The van der Waals surface area contributed by atoms with E-state index < -0.39 is 0 Å². The van der Waals surface area contributed by atoms with Crippen LogP contribution in [0.3, 0.4) is 0 Å². The van der Waals surface area contributed by atoms with Crippen LogP contribution in [0.1, 0.15) is 12.6 Å². The van der Waals surface area contributed by atoms with Crippen molar-refractivity contribution < 1.29 is 4.79 Å². The fourth-order valence-electron chi connectivity index (χ4n) is 2.88. The largest absolute Gasteiger partial charge is 0.338 e. The topological polar surface area (TPSA) is 101 Å². The van der Waals surface area contributed by atoms with Crippen molar-refractivity contribution in [1.82, 2.24) is 29.8 Å². The number of terminal acetylenes is 1. The van der Waals surface area contributed by atoms with Crippen LogP contribution in [-0.2, 0) is 0 Å². The van der Waals surface area contributed by atoms with Gasteiger partial charge in [0.1, 0.15) is 17.5 Å². The molecule has 4 rings (SSSR count). The van der Waals surface area contributed by atoms with Crippen LogP contribution < -0.4 is 10.6 Å². The van der Waals surface area contributed by atoms with Gasteiger partial charge >= 0.3 is 6.03 Å². The second-order valence-corrected chi connectivity index (χ2v) is 5.98. The number of nitrogens with zero attached hydrogens (tertiary/aromatic N) is 4. The molecule has 0 unspecified atom stereocenters. The molecule has 0 aliphatic rings. The van der Waals surface area contributed by atoms with Crippen LogP contribution in [-0.4, -0.2) is 37.1 Å². The molecule has 0 aliphatic heterocycles. The Morgan fingerprint density at radius 3 is 2.93 bits per heavy atom. The van der Waals surface area contributed by atoms with Crippen molar-refractivity contribution in [3.05, 3.63) is 54.7 Å². The Hall–Kier alpha value is -4.12. The lowest BCUT2D eigenvalue weighted by atomic mass is 10.1. The van der Waals surface area contributed by atoms with Crippen LogP contribution in [0.25, 0.3) is 28.0 Å². The fourth-order valence-corrected chi connectivity index (χ4v) is 2.88. The third-order valence-electron chi connectivity index (χ3n) is 4.11. The summed E-state index contributed by atoms with van der Waals surface area (Å²) in [6.45, 7) is 2.37. The normalized spacial score (nSPS) is 10.6. The standard InChI is InChI=1S/C20H17N7O/c1-3-13-11-27(12-23-13)14-9-15(16-7-5-6-8-22-16)18-17(10-14)24-19(25-18)26-20(28)21-4-2/h1,5-12H,4H2,2H3,(H3,21,24,25,26,28). The molecule has 2 amide bonds. The SMILES string of the molecule is C#Cc1cn(-c2cc(-c3ccccn3)c3nc(NC(=O)NCC)[nH]c3c2)cn1. The first kappa shape index (κ1) is 17.3. The van der Waals surface area contributed by atoms with Crippen molar-refractivity contribution in [2.75, 3.05) is 11.9 Å². The summed E-state index contributed by atoms with van der Waals surface area (Å²) in [4.78, 5) is 28.1. The fraction of sp³-hybridized carbons (Fsp3) is 0.100. The zero-order chi connectivity index (χ0) is 19.5. The third-order valence-corrected chi connectivity index (χ3v) is 4.11. The molecule has 3 heterocycles. The van der Waals surface area contributed by atoms with E-state index >= 15 is 0 Å². The number of carbonyl (C=O) groups is 1. The number of benzene rings is 1. The molecule has 28 heavy (non-hydrogen) atoms. The van der Waals surface area contributed by atoms with Crippen molar-refractivity contribution in [3.63, 3.8) is 0 Å². The van der Waals surface area contributed by atoms with Gasteiger partial charge in [0.2, 0.25) is 5.95 Å². The van der Waals surface area contributed by atoms with Crippen LogP contribution in [0, 0.1) is 12.3 Å². The van der Waals surface area contributed by atoms with E-state index in [-0.39, 0.29) is 6.03 Å². The molecule has 0 radical (unpaired) electrons. The van der Waals surface area contributed by atoms with Gasteiger partial charge in [-0.15, -0.1) is 6.42 Å². The number of hydrogen-bond donors (Lipinski definition) is 3. The molecular weight excluding hydrogens is 354 g/mol. The van der Waals surface area contributed by atoms with Crippen molar-refractivity contribution in [2.24, 2.45) is 0 Å². The minimum atomic E-state index is -0.325. The quantitative estimate of drug-likeness (QED) is 0.480. The molecule has 3 N–H and O–H groups in total. The Morgan fingerprint density at radius 1 is 1.32 bits per heavy atom. The Labute approximate surface area is 161 Å². The van der Waals surface area contributed by atoms with Gasteiger partial charge in [-0.3, -0.25) is 10.3 Å². The molecule has 3 aromatic heterocycles. The molecule has 0 fully saturated rings. The molecule has 0 atom stereocenters. The van der Waals surface area contributed by atoms with Gasteiger partial charge in [0, 0.05) is 30.2 Å². The van der Waals surface area contributed by atoms with Gasteiger partial charge in [-0.05, 0) is 37.1 Å². The molecule has 4 aromatic rings. The van der Waals surface area contributed by atoms with Gasteiger partial charge in [0.05, 0.1) is 11.2 Å². The number of pyridine rings is 1. The molecule has 0 aliphatic carbocycles. The van der Waals surface area contributed by atoms with E-state index in [9.17, 15) is 4.79 Å². The molecule has 0 spiro atoms. The minimum absolute atomic E-state index is 0.325. The second kappa shape index (κ2) is 7.25. The molecule has 1 aromatic carbocycles. The lowest BCUT2D eigenvalue weighted by molar-refractivity contribution is 0.252. The average Bonchev–Trinajstić information content (AvgIpc) is 3.34. The predicted molar refractivity (Wildman–Crippen MR) is 107 cm³/mol. The van der Waals surface area contributed by atoms with Crippen LogP contribution in [0.4, 0.5) is 10.7 Å². The summed E-state index contributed by atoms with van der Waals surface area (Å²) in [5, 5.41) is 5.38. The molecule has 8 heteroatoms. The Kier molecular flexibility index (Phi) is 4.48. The number of H-pyrrole nitrogens is 1. The van der Waals surface area contributed by atoms with E-state index in [1.54, 1.807) is 18.7 Å². The maximum atomic E-state index is 11.8. The summed E-state index contributed by atoms with van der Waals surface area (Å²) in [5.74, 6) is 2.87. The second-order valence-electron chi connectivity index (χ2n) is 5.98. The van der Waals surface area contributed by atoms with Gasteiger partial charge < -0.3 is 14.9 Å². The van der Waals surface area contributed by atoms with Crippen molar-refractivity contribution in [2.45, 2.75) is 6.92 Å². The zero-order valence-electron chi connectivity index (χ0n) is 15.1. The zero-order valence-corrected chi connectivity index (χ0v) is 15.1. The van der Waals surface area contributed by atoms with Crippen LogP contribution in [0.5, 0.6) is 0 Å². The Balaban J connectivity index is 1.86. The van der Waals surface area contributed by atoms with Crippen molar-refractivity contribution in [3.8, 4) is 29.3 Å². The monoisotopic (exact) mass is 371 g/mol. The van der Waals surface area contributed by atoms with Crippen LogP contribution >= 0.6 is 0 Å². The van der Waals surface area contributed by atoms with E-state index in [1.165, 1.54) is 0 Å². The van der Waals surface area contributed by atoms with Gasteiger partial charge in [-0.2, -0.15) is 0 Å². The number of aromatic amines is 1. The van der Waals surface area contributed by atoms with Gasteiger partial charge in [0.15, 0.2) is 0 Å². The number of amides is 2. The van der Waals surface area contributed by atoms with E-state index in [0.717, 1.165) is 22.5 Å². The van der Waals surface area contributed by atoms with E-state index in [0.29, 0.717) is 23.7 Å². The van der Waals surface area contributed by atoms with Gasteiger partial charge in [-0.1, -0.05) is 6.07 Å². The summed E-state index contributed by atoms with van der Waals surface area (Å²) in [5.41, 5.74) is 4.43. The highest BCUT2D eigenvalue weighted by Crippen LogP contribution is 2.30. The number of urea groups is 1. The highest BCUT2D eigenvalue weighted by atomic mass is 16.2. The Morgan fingerprint density at radius 2 is 2.21 bits per heavy atom. The maximum absolute atomic E-state index is 11.8. The lowest BCUT2D eigenvalue weighted by Crippen LogP contribution is -2.28. The number of anilines is 1. The molecular formula is C20H17N7O. The minimum Gasteiger partial charge on any atom is -0.338 e.